The van der Waals surface area contributed by atoms with E-state index in [1.54, 1.807) is 6.92 Å². The van der Waals surface area contributed by atoms with Crippen molar-refractivity contribution in [3.05, 3.63) is 24.0 Å². The van der Waals surface area contributed by atoms with Gasteiger partial charge in [0.15, 0.2) is 0 Å². The molecule has 1 saturated carbocycles. The van der Waals surface area contributed by atoms with Crippen LogP contribution in [0.1, 0.15) is 33.1 Å². The highest BCUT2D eigenvalue weighted by atomic mass is 32.2. The van der Waals surface area contributed by atoms with Gasteiger partial charge in [0.1, 0.15) is 5.82 Å². The van der Waals surface area contributed by atoms with Gasteiger partial charge in [0.2, 0.25) is 15.9 Å². The topological polar surface area (TPSA) is 66.5 Å². The molecule has 1 aliphatic carbocycles. The second-order valence-corrected chi connectivity index (χ2v) is 7.04. The van der Waals surface area contributed by atoms with Gasteiger partial charge in [-0.1, -0.05) is 6.92 Å². The van der Waals surface area contributed by atoms with Crippen LogP contribution >= 0.6 is 0 Å². The molecule has 0 radical (unpaired) electrons. The molecule has 0 aromatic heterocycles. The number of benzene rings is 1. The van der Waals surface area contributed by atoms with Crippen molar-refractivity contribution in [3.63, 3.8) is 0 Å². The molecule has 0 atom stereocenters. The predicted octanol–water partition coefficient (Wildman–Crippen LogP) is 2.49. The zero-order valence-corrected chi connectivity index (χ0v) is 12.9. The molecule has 1 aromatic carbocycles. The Kier molecular flexibility index (Phi) is 4.51. The third kappa shape index (κ3) is 3.93. The van der Waals surface area contributed by atoms with Crippen molar-refractivity contribution in [1.29, 1.82) is 0 Å². The summed E-state index contributed by atoms with van der Waals surface area (Å²) in [6, 6.07) is 3.85. The summed E-state index contributed by atoms with van der Waals surface area (Å²) in [7, 11) is -3.54. The second-order valence-electron chi connectivity index (χ2n) is 5.20. The van der Waals surface area contributed by atoms with E-state index in [9.17, 15) is 17.6 Å². The highest BCUT2D eigenvalue weighted by Gasteiger charge is 2.33. The Morgan fingerprint density at radius 1 is 1.43 bits per heavy atom. The van der Waals surface area contributed by atoms with Gasteiger partial charge in [0.25, 0.3) is 0 Å². The van der Waals surface area contributed by atoms with Crippen molar-refractivity contribution in [2.75, 3.05) is 15.4 Å². The van der Waals surface area contributed by atoms with E-state index in [0.29, 0.717) is 12.1 Å². The highest BCUT2D eigenvalue weighted by Crippen LogP contribution is 2.36. The first-order chi connectivity index (χ1) is 9.84. The molecule has 116 valence electrons. The minimum absolute atomic E-state index is 0.0492. The molecule has 2 rings (SSSR count). The van der Waals surface area contributed by atoms with Gasteiger partial charge in [-0.05, 0) is 31.4 Å². The number of amides is 1. The fourth-order valence-corrected chi connectivity index (χ4v) is 3.38. The molecule has 7 heteroatoms. The first-order valence-electron chi connectivity index (χ1n) is 6.94. The quantitative estimate of drug-likeness (QED) is 0.877. The SMILES string of the molecule is CCCS(=O)(=O)Nc1cc(F)ccc1N(C(C)=O)C1CC1. The molecule has 0 spiro atoms. The highest BCUT2D eigenvalue weighted by molar-refractivity contribution is 7.92. The van der Waals surface area contributed by atoms with Gasteiger partial charge < -0.3 is 4.90 Å². The number of rotatable bonds is 6. The Morgan fingerprint density at radius 2 is 2.10 bits per heavy atom. The maximum Gasteiger partial charge on any atom is 0.232 e. The third-order valence-electron chi connectivity index (χ3n) is 3.21. The summed E-state index contributed by atoms with van der Waals surface area (Å²) in [6.45, 7) is 3.17. The fraction of sp³-hybridized carbons (Fsp3) is 0.500. The lowest BCUT2D eigenvalue weighted by molar-refractivity contribution is -0.116. The lowest BCUT2D eigenvalue weighted by Gasteiger charge is -2.24. The Hall–Kier alpha value is -1.63. The predicted molar refractivity (Wildman–Crippen MR) is 80.3 cm³/mol. The van der Waals surface area contributed by atoms with Crippen molar-refractivity contribution in [2.45, 2.75) is 39.2 Å². The molecular weight excluding hydrogens is 295 g/mol. The lowest BCUT2D eigenvalue weighted by atomic mass is 10.2. The average Bonchev–Trinajstić information content (AvgIpc) is 3.15. The molecule has 1 N–H and O–H groups in total. The maximum absolute atomic E-state index is 13.5. The Morgan fingerprint density at radius 3 is 2.62 bits per heavy atom. The van der Waals surface area contributed by atoms with Crippen LogP contribution in [0.3, 0.4) is 0 Å². The normalized spacial score (nSPS) is 14.8. The van der Waals surface area contributed by atoms with Crippen LogP contribution < -0.4 is 9.62 Å². The molecule has 0 aliphatic heterocycles. The molecule has 1 fully saturated rings. The maximum atomic E-state index is 13.5. The van der Waals surface area contributed by atoms with Gasteiger partial charge in [-0.2, -0.15) is 0 Å². The van der Waals surface area contributed by atoms with Gasteiger partial charge in [-0.25, -0.2) is 12.8 Å². The number of carbonyl (C=O) groups is 1. The van der Waals surface area contributed by atoms with Crippen LogP contribution in [0, 0.1) is 5.82 Å². The minimum atomic E-state index is -3.54. The van der Waals surface area contributed by atoms with Crippen molar-refractivity contribution < 1.29 is 17.6 Å². The molecular formula is C14H19FN2O3S. The van der Waals surface area contributed by atoms with E-state index in [1.165, 1.54) is 24.0 Å². The minimum Gasteiger partial charge on any atom is -0.308 e. The fourth-order valence-electron chi connectivity index (χ4n) is 2.24. The summed E-state index contributed by atoms with van der Waals surface area (Å²) in [4.78, 5) is 13.3. The molecule has 1 aromatic rings. The van der Waals surface area contributed by atoms with E-state index in [2.05, 4.69) is 4.72 Å². The van der Waals surface area contributed by atoms with E-state index in [-0.39, 0.29) is 23.4 Å². The van der Waals surface area contributed by atoms with E-state index >= 15 is 0 Å². The Bertz CT molecular complexity index is 642. The zero-order valence-electron chi connectivity index (χ0n) is 12.1. The number of hydrogen-bond donors (Lipinski definition) is 1. The first kappa shape index (κ1) is 15.8. The van der Waals surface area contributed by atoms with Crippen molar-refractivity contribution >= 4 is 27.3 Å². The smallest absolute Gasteiger partial charge is 0.232 e. The first-order valence-corrected chi connectivity index (χ1v) is 8.59. The van der Waals surface area contributed by atoms with E-state index in [1.807, 2.05) is 0 Å². The van der Waals surface area contributed by atoms with Crippen LogP contribution in [-0.2, 0) is 14.8 Å². The van der Waals surface area contributed by atoms with E-state index in [0.717, 1.165) is 18.9 Å². The van der Waals surface area contributed by atoms with Crippen LogP contribution in [-0.4, -0.2) is 26.1 Å². The number of sulfonamides is 1. The monoisotopic (exact) mass is 314 g/mol. The largest absolute Gasteiger partial charge is 0.308 e. The van der Waals surface area contributed by atoms with Gasteiger partial charge in [-0.3, -0.25) is 9.52 Å². The number of halogens is 1. The molecule has 1 amide bonds. The number of carbonyl (C=O) groups excluding carboxylic acids is 1. The average molecular weight is 314 g/mol. The van der Waals surface area contributed by atoms with Crippen molar-refractivity contribution in [3.8, 4) is 0 Å². The standard InChI is InChI=1S/C14H19FN2O3S/c1-3-8-21(19,20)16-13-9-11(15)4-7-14(13)17(10(2)18)12-5-6-12/h4,7,9,12,16H,3,5-6,8H2,1-2H3. The summed E-state index contributed by atoms with van der Waals surface area (Å²) in [5, 5.41) is 0. The molecule has 21 heavy (non-hydrogen) atoms. The summed E-state index contributed by atoms with van der Waals surface area (Å²) < 4.78 is 39.6. The number of anilines is 2. The van der Waals surface area contributed by atoms with E-state index < -0.39 is 15.8 Å². The van der Waals surface area contributed by atoms with E-state index in [4.69, 9.17) is 0 Å². The number of nitrogens with one attached hydrogen (secondary N) is 1. The van der Waals surface area contributed by atoms with Crippen LogP contribution in [0.2, 0.25) is 0 Å². The summed E-state index contributed by atoms with van der Waals surface area (Å²) >= 11 is 0. The molecule has 0 unspecified atom stereocenters. The Labute approximate surface area is 124 Å². The van der Waals surface area contributed by atoms with Gasteiger partial charge in [0, 0.05) is 19.0 Å². The molecule has 0 saturated heterocycles. The zero-order chi connectivity index (χ0) is 15.6. The molecule has 0 bridgehead atoms. The summed E-state index contributed by atoms with van der Waals surface area (Å²) in [5.74, 6) is -0.779. The van der Waals surface area contributed by atoms with Gasteiger partial charge in [-0.15, -0.1) is 0 Å². The van der Waals surface area contributed by atoms with Crippen LogP contribution in [0.25, 0.3) is 0 Å². The van der Waals surface area contributed by atoms with Crippen LogP contribution in [0.15, 0.2) is 18.2 Å². The molecule has 1 aliphatic rings. The van der Waals surface area contributed by atoms with Crippen LogP contribution in [0.4, 0.5) is 15.8 Å². The summed E-state index contributed by atoms with van der Waals surface area (Å²) in [6.07, 6.45) is 2.20. The summed E-state index contributed by atoms with van der Waals surface area (Å²) in [5.41, 5.74) is 0.525. The lowest BCUT2D eigenvalue weighted by Crippen LogP contribution is -2.32. The van der Waals surface area contributed by atoms with Gasteiger partial charge in [0.05, 0.1) is 17.1 Å². The number of hydrogen-bond acceptors (Lipinski definition) is 3. The van der Waals surface area contributed by atoms with Crippen molar-refractivity contribution in [1.82, 2.24) is 0 Å². The molecule has 0 heterocycles. The second kappa shape index (κ2) is 6.01. The van der Waals surface area contributed by atoms with Crippen molar-refractivity contribution in [2.24, 2.45) is 0 Å². The van der Waals surface area contributed by atoms with Gasteiger partial charge >= 0.3 is 0 Å². The third-order valence-corrected chi connectivity index (χ3v) is 4.68. The Balaban J connectivity index is 2.39. The molecule has 5 nitrogen and oxygen atoms in total. The number of nitrogens with zero attached hydrogens (tertiary/aromatic N) is 1. The van der Waals surface area contributed by atoms with Crippen LogP contribution in [0.5, 0.6) is 0 Å².